The van der Waals surface area contributed by atoms with Gasteiger partial charge in [0.15, 0.2) is 6.61 Å². The first-order chi connectivity index (χ1) is 16.5. The van der Waals surface area contributed by atoms with Gasteiger partial charge in [-0.1, -0.05) is 50.7 Å². The highest BCUT2D eigenvalue weighted by atomic mass is 32.2. The number of esters is 1. The van der Waals surface area contributed by atoms with E-state index in [0.717, 1.165) is 51.4 Å². The summed E-state index contributed by atoms with van der Waals surface area (Å²) in [7, 11) is -3.57. The second-order valence-electron chi connectivity index (χ2n) is 9.48. The predicted octanol–water partition coefficient (Wildman–Crippen LogP) is 3.54. The van der Waals surface area contributed by atoms with Crippen LogP contribution in [-0.2, 0) is 24.3 Å². The highest BCUT2D eigenvalue weighted by Crippen LogP contribution is 2.30. The van der Waals surface area contributed by atoms with Crippen LogP contribution < -0.4 is 4.72 Å². The minimum atomic E-state index is -3.57. The summed E-state index contributed by atoms with van der Waals surface area (Å²) >= 11 is 0. The summed E-state index contributed by atoms with van der Waals surface area (Å²) in [5.41, 5.74) is 0.543. The van der Waals surface area contributed by atoms with E-state index in [1.165, 1.54) is 12.8 Å². The summed E-state index contributed by atoms with van der Waals surface area (Å²) in [6, 6.07) is 7.22. The third kappa shape index (κ3) is 5.98. The van der Waals surface area contributed by atoms with Gasteiger partial charge in [0.2, 0.25) is 0 Å². The summed E-state index contributed by atoms with van der Waals surface area (Å²) in [6.07, 6.45) is 11.8. The normalized spacial score (nSPS) is 21.6. The number of nitrogens with zero attached hydrogens (tertiary/aromatic N) is 2. The maximum absolute atomic E-state index is 13.1. The molecule has 1 heterocycles. The molecule has 1 aliphatic heterocycles. The molecule has 1 N–H and O–H groups in total. The topological polar surface area (TPSA) is 105 Å². The number of hydrogen-bond donors (Lipinski definition) is 1. The molecule has 0 bridgehead atoms. The van der Waals surface area contributed by atoms with Crippen LogP contribution in [0.3, 0.4) is 0 Å². The standard InChI is InChI=1S/C25H35N3O5S/c29-23(28(19-10-3-1-4-11-19)20-12-5-2-6-13-20)18-33-24(30)16-9-17-26-25-21-14-7-8-15-22(21)34(31,32)27-25/h7-8,14-15,19-20H,1-6,9-13,16-18H2,(H,26,27). The molecule has 8 nitrogen and oxygen atoms in total. The Bertz CT molecular complexity index is 993. The van der Waals surface area contributed by atoms with Gasteiger partial charge >= 0.3 is 5.97 Å². The molecule has 2 saturated carbocycles. The van der Waals surface area contributed by atoms with Crippen molar-refractivity contribution in [2.45, 2.75) is 94.0 Å². The molecule has 3 aliphatic rings. The number of amidine groups is 1. The molecule has 1 amide bonds. The first-order valence-electron chi connectivity index (χ1n) is 12.6. The molecule has 0 spiro atoms. The average Bonchev–Trinajstić information content (AvgIpc) is 3.12. The lowest BCUT2D eigenvalue weighted by atomic mass is 9.88. The minimum absolute atomic E-state index is 0.0654. The third-order valence-electron chi connectivity index (χ3n) is 7.05. The molecule has 1 aromatic carbocycles. The zero-order valence-electron chi connectivity index (χ0n) is 19.7. The second-order valence-corrected chi connectivity index (χ2v) is 11.1. The van der Waals surface area contributed by atoms with E-state index in [1.54, 1.807) is 24.3 Å². The van der Waals surface area contributed by atoms with E-state index >= 15 is 0 Å². The number of fused-ring (bicyclic) bond motifs is 1. The Labute approximate surface area is 202 Å². The lowest BCUT2D eigenvalue weighted by molar-refractivity contribution is -0.155. The van der Waals surface area contributed by atoms with E-state index in [4.69, 9.17) is 4.74 Å². The maximum atomic E-state index is 13.1. The Morgan fingerprint density at radius 1 is 0.971 bits per heavy atom. The van der Waals surface area contributed by atoms with Crippen molar-refractivity contribution in [3.63, 3.8) is 0 Å². The van der Waals surface area contributed by atoms with Gasteiger partial charge in [0.05, 0.1) is 4.90 Å². The first-order valence-corrected chi connectivity index (χ1v) is 14.1. The summed E-state index contributed by atoms with van der Waals surface area (Å²) < 4.78 is 32.1. The van der Waals surface area contributed by atoms with Crippen LogP contribution in [0, 0.1) is 0 Å². The maximum Gasteiger partial charge on any atom is 0.306 e. The Balaban J connectivity index is 1.25. The van der Waals surface area contributed by atoms with E-state index in [9.17, 15) is 18.0 Å². The fourth-order valence-electron chi connectivity index (χ4n) is 5.38. The fraction of sp³-hybridized carbons (Fsp3) is 0.640. The van der Waals surface area contributed by atoms with Gasteiger partial charge < -0.3 is 9.64 Å². The number of rotatable bonds is 8. The predicted molar refractivity (Wildman–Crippen MR) is 129 cm³/mol. The van der Waals surface area contributed by atoms with Crippen LogP contribution in [0.25, 0.3) is 0 Å². The van der Waals surface area contributed by atoms with Crippen LogP contribution in [0.4, 0.5) is 0 Å². The quantitative estimate of drug-likeness (QED) is 0.444. The number of sulfonamides is 1. The SMILES string of the molecule is O=C(CCCN=C1NS(=O)(=O)c2ccccc21)OCC(=O)N(C1CCCCC1)C1CCCCC1. The van der Waals surface area contributed by atoms with Crippen molar-refractivity contribution in [3.05, 3.63) is 29.8 Å². The summed E-state index contributed by atoms with van der Waals surface area (Å²) in [4.78, 5) is 32.0. The van der Waals surface area contributed by atoms with Crippen LogP contribution >= 0.6 is 0 Å². The zero-order chi connectivity index (χ0) is 24.0. The van der Waals surface area contributed by atoms with Gasteiger partial charge in [-0.25, -0.2) is 8.42 Å². The van der Waals surface area contributed by atoms with Gasteiger partial charge in [-0.3, -0.25) is 19.3 Å². The third-order valence-corrected chi connectivity index (χ3v) is 8.45. The van der Waals surface area contributed by atoms with Crippen molar-refractivity contribution >= 4 is 27.7 Å². The molecule has 0 aromatic heterocycles. The van der Waals surface area contributed by atoms with Crippen LogP contribution in [0.15, 0.2) is 34.2 Å². The number of hydrogen-bond acceptors (Lipinski definition) is 6. The van der Waals surface area contributed by atoms with E-state index in [0.29, 0.717) is 17.8 Å². The van der Waals surface area contributed by atoms with Gasteiger partial charge in [0.1, 0.15) is 5.84 Å². The minimum Gasteiger partial charge on any atom is -0.456 e. The molecule has 0 atom stereocenters. The first kappa shape index (κ1) is 24.7. The molecule has 1 aromatic rings. The largest absolute Gasteiger partial charge is 0.456 e. The van der Waals surface area contributed by atoms with Crippen molar-refractivity contribution < 1.29 is 22.7 Å². The molecule has 0 radical (unpaired) electrons. The van der Waals surface area contributed by atoms with Gasteiger partial charge in [-0.2, -0.15) is 0 Å². The molecular formula is C25H35N3O5S. The molecule has 2 aliphatic carbocycles. The highest BCUT2D eigenvalue weighted by Gasteiger charge is 2.33. The van der Waals surface area contributed by atoms with Gasteiger partial charge in [0.25, 0.3) is 15.9 Å². The Kier molecular flexibility index (Phi) is 8.24. The van der Waals surface area contributed by atoms with Crippen molar-refractivity contribution in [2.24, 2.45) is 4.99 Å². The molecule has 9 heteroatoms. The van der Waals surface area contributed by atoms with Crippen LogP contribution in [0.1, 0.15) is 82.6 Å². The lowest BCUT2D eigenvalue weighted by Gasteiger charge is -2.41. The Hall–Kier alpha value is -2.42. The highest BCUT2D eigenvalue weighted by molar-refractivity contribution is 7.90. The molecule has 0 saturated heterocycles. The number of carbonyl (C=O) groups is 2. The van der Waals surface area contributed by atoms with Crippen molar-refractivity contribution in [1.82, 2.24) is 9.62 Å². The van der Waals surface area contributed by atoms with Gasteiger partial charge in [-0.15, -0.1) is 0 Å². The van der Waals surface area contributed by atoms with Crippen LogP contribution in [0.2, 0.25) is 0 Å². The number of aliphatic imine (C=N–C) groups is 1. The number of benzene rings is 1. The summed E-state index contributed by atoms with van der Waals surface area (Å²) in [5, 5.41) is 0. The number of ether oxygens (including phenoxy) is 1. The van der Waals surface area contributed by atoms with Crippen molar-refractivity contribution in [2.75, 3.05) is 13.2 Å². The van der Waals surface area contributed by atoms with E-state index in [1.807, 2.05) is 0 Å². The fourth-order valence-corrected chi connectivity index (χ4v) is 6.63. The van der Waals surface area contributed by atoms with Gasteiger partial charge in [-0.05, 0) is 44.2 Å². The lowest BCUT2D eigenvalue weighted by Crippen LogP contribution is -2.50. The van der Waals surface area contributed by atoms with E-state index < -0.39 is 16.0 Å². The molecule has 34 heavy (non-hydrogen) atoms. The Morgan fingerprint density at radius 3 is 2.24 bits per heavy atom. The summed E-state index contributed by atoms with van der Waals surface area (Å²) in [5.74, 6) is -0.188. The second kappa shape index (κ2) is 11.3. The van der Waals surface area contributed by atoms with E-state index in [2.05, 4.69) is 14.6 Å². The molecule has 186 valence electrons. The van der Waals surface area contributed by atoms with Crippen LogP contribution in [-0.4, -0.2) is 56.3 Å². The smallest absolute Gasteiger partial charge is 0.306 e. The molecular weight excluding hydrogens is 454 g/mol. The molecule has 2 fully saturated rings. The van der Waals surface area contributed by atoms with Crippen molar-refractivity contribution in [1.29, 1.82) is 0 Å². The van der Waals surface area contributed by atoms with Crippen molar-refractivity contribution in [3.8, 4) is 0 Å². The van der Waals surface area contributed by atoms with E-state index in [-0.39, 0.29) is 42.5 Å². The molecule has 4 rings (SSSR count). The van der Waals surface area contributed by atoms with Gasteiger partial charge in [0, 0.05) is 30.6 Å². The van der Waals surface area contributed by atoms with Crippen LogP contribution in [0.5, 0.6) is 0 Å². The molecule has 0 unspecified atom stereocenters. The monoisotopic (exact) mass is 489 g/mol. The Morgan fingerprint density at radius 2 is 1.59 bits per heavy atom. The number of amides is 1. The average molecular weight is 490 g/mol. The number of carbonyl (C=O) groups excluding carboxylic acids is 2. The summed E-state index contributed by atoms with van der Waals surface area (Å²) in [6.45, 7) is 0.0824. The zero-order valence-corrected chi connectivity index (χ0v) is 20.5. The number of nitrogens with one attached hydrogen (secondary N) is 1.